The van der Waals surface area contributed by atoms with E-state index in [1.807, 2.05) is 23.9 Å². The molecule has 28 heavy (non-hydrogen) atoms. The molecular weight excluding hydrogens is 395 g/mol. The molecule has 1 rings (SSSR count). The molecule has 0 saturated heterocycles. The van der Waals surface area contributed by atoms with Crippen LogP contribution in [0.3, 0.4) is 0 Å². The molecule has 0 bridgehead atoms. The summed E-state index contributed by atoms with van der Waals surface area (Å²) >= 11 is 1.86. The molecule has 1 unspecified atom stereocenters. The highest BCUT2D eigenvalue weighted by molar-refractivity contribution is 7.99. The first-order chi connectivity index (χ1) is 13.5. The van der Waals surface area contributed by atoms with Gasteiger partial charge in [-0.1, -0.05) is 43.4 Å². The van der Waals surface area contributed by atoms with Crippen LogP contribution in [0.25, 0.3) is 5.70 Å². The van der Waals surface area contributed by atoms with E-state index in [-0.39, 0.29) is 12.3 Å². The quantitative estimate of drug-likeness (QED) is 0.115. The number of carbonyl (C=O) groups excluding carboxylic acids is 1. The van der Waals surface area contributed by atoms with Crippen LogP contribution in [-0.2, 0) is 18.6 Å². The second kappa shape index (κ2) is 14.2. The number of methoxy groups -OCH3 is 1. The summed E-state index contributed by atoms with van der Waals surface area (Å²) in [7, 11) is -0.891. The maximum Gasteiger partial charge on any atom is 0.663 e. The van der Waals surface area contributed by atoms with E-state index < -0.39 is 14.1 Å². The van der Waals surface area contributed by atoms with Gasteiger partial charge in [0.25, 0.3) is 0 Å². The van der Waals surface area contributed by atoms with E-state index in [1.165, 1.54) is 44.6 Å². The normalized spacial score (nSPS) is 12.6. The third-order valence-corrected chi connectivity index (χ3v) is 5.74. The maximum atomic E-state index is 11.8. The fourth-order valence-electron chi connectivity index (χ4n) is 2.22. The van der Waals surface area contributed by atoms with Gasteiger partial charge in [-0.25, -0.2) is 9.32 Å². The van der Waals surface area contributed by atoms with Gasteiger partial charge < -0.3 is 10.5 Å². The number of benzene rings is 1. The highest BCUT2D eigenvalue weighted by Gasteiger charge is 2.18. The van der Waals surface area contributed by atoms with Crippen LogP contribution < -0.4 is 10.8 Å². The van der Waals surface area contributed by atoms with Gasteiger partial charge in [0.2, 0.25) is 0 Å². The molecular formula is C20H30N2O4PS+. The number of carbonyl (C=O) groups is 1. The zero-order valence-electron chi connectivity index (χ0n) is 16.8. The Labute approximate surface area is 172 Å². The van der Waals surface area contributed by atoms with E-state index in [9.17, 15) is 9.36 Å². The number of nitrogens with two attached hydrogens (primary N) is 1. The van der Waals surface area contributed by atoms with Crippen molar-refractivity contribution in [3.63, 3.8) is 0 Å². The zero-order chi connectivity index (χ0) is 20.8. The van der Waals surface area contributed by atoms with Crippen LogP contribution in [0.1, 0.15) is 45.1 Å². The molecule has 0 aromatic heterocycles. The van der Waals surface area contributed by atoms with Crippen LogP contribution in [-0.4, -0.2) is 25.4 Å². The number of thioether (sulfide) groups is 1. The fraction of sp³-hybridized carbons (Fsp3) is 0.450. The Morgan fingerprint density at radius 1 is 1.25 bits per heavy atom. The minimum absolute atomic E-state index is 0.209. The number of allylic oxidation sites excluding steroid dienone is 1. The van der Waals surface area contributed by atoms with Crippen LogP contribution >= 0.6 is 19.9 Å². The lowest BCUT2D eigenvalue weighted by molar-refractivity contribution is -0.135. The largest absolute Gasteiger partial charge is 0.663 e. The van der Waals surface area contributed by atoms with E-state index in [2.05, 4.69) is 28.9 Å². The maximum absolute atomic E-state index is 11.8. The predicted octanol–water partition coefficient (Wildman–Crippen LogP) is 5.00. The molecule has 0 heterocycles. The van der Waals surface area contributed by atoms with E-state index in [0.717, 1.165) is 17.4 Å². The lowest BCUT2D eigenvalue weighted by Crippen LogP contribution is -2.07. The summed E-state index contributed by atoms with van der Waals surface area (Å²) in [6, 6.07) is 8.11. The second-order valence-electron chi connectivity index (χ2n) is 6.08. The van der Waals surface area contributed by atoms with Crippen molar-refractivity contribution in [1.82, 2.24) is 5.09 Å². The molecule has 1 aromatic rings. The molecule has 1 atom stereocenters. The molecule has 8 heteroatoms. The molecule has 0 aliphatic rings. The van der Waals surface area contributed by atoms with E-state index in [4.69, 9.17) is 10.3 Å². The monoisotopic (exact) mass is 425 g/mol. The molecule has 6 nitrogen and oxygen atoms in total. The minimum Gasteiger partial charge on any atom is -0.466 e. The standard InChI is InChI=1S/C20H30N2O4PS/c1-4-5-6-7-14-28-18-10-8-17(9-11-18)19(21)12-13-22-27(24)26-16(2)15-20(23)25-3/h8-12,15H,4-7,13-14,21H2,1-3H3,(H,22,24)/q+1. The average Bonchev–Trinajstić information content (AvgIpc) is 2.67. The number of nitrogens with one attached hydrogen (secondary N) is 1. The van der Waals surface area contributed by atoms with Gasteiger partial charge in [-0.3, -0.25) is 0 Å². The van der Waals surface area contributed by atoms with Gasteiger partial charge in [-0.15, -0.1) is 11.8 Å². The molecule has 0 amide bonds. The van der Waals surface area contributed by atoms with Gasteiger partial charge in [0.05, 0.1) is 19.7 Å². The van der Waals surface area contributed by atoms with E-state index >= 15 is 0 Å². The van der Waals surface area contributed by atoms with Crippen molar-refractivity contribution in [2.75, 3.05) is 19.4 Å². The van der Waals surface area contributed by atoms with E-state index in [0.29, 0.717) is 5.70 Å². The summed E-state index contributed by atoms with van der Waals surface area (Å²) in [5.41, 5.74) is 7.58. The van der Waals surface area contributed by atoms with Gasteiger partial charge in [0, 0.05) is 15.2 Å². The summed E-state index contributed by atoms with van der Waals surface area (Å²) in [4.78, 5) is 12.3. The van der Waals surface area contributed by atoms with Gasteiger partial charge in [-0.2, -0.15) is 0 Å². The Morgan fingerprint density at radius 3 is 2.61 bits per heavy atom. The molecule has 0 saturated carbocycles. The lowest BCUT2D eigenvalue weighted by atomic mass is 10.1. The smallest absolute Gasteiger partial charge is 0.466 e. The Balaban J connectivity index is 2.41. The third-order valence-electron chi connectivity index (χ3n) is 3.75. The molecule has 1 aromatic carbocycles. The second-order valence-corrected chi connectivity index (χ2v) is 8.26. The number of ether oxygens (including phenoxy) is 1. The third kappa shape index (κ3) is 10.5. The van der Waals surface area contributed by atoms with Gasteiger partial charge in [-0.05, 0) is 42.9 Å². The van der Waals surface area contributed by atoms with Crippen molar-refractivity contribution in [3.05, 3.63) is 47.7 Å². The van der Waals surface area contributed by atoms with Crippen molar-refractivity contribution in [1.29, 1.82) is 0 Å². The predicted molar refractivity (Wildman–Crippen MR) is 116 cm³/mol. The Bertz CT molecular complexity index is 690. The number of hydrogen-bond acceptors (Lipinski definition) is 6. The molecule has 0 fully saturated rings. The summed E-state index contributed by atoms with van der Waals surface area (Å²) in [5, 5.41) is 2.70. The number of unbranched alkanes of at least 4 members (excludes halogenated alkanes) is 3. The van der Waals surface area contributed by atoms with Crippen LogP contribution in [0.2, 0.25) is 0 Å². The first-order valence-corrected chi connectivity index (χ1v) is 11.5. The highest BCUT2D eigenvalue weighted by Crippen LogP contribution is 2.23. The number of hydrogen-bond donors (Lipinski definition) is 2. The van der Waals surface area contributed by atoms with Crippen molar-refractivity contribution >= 4 is 31.6 Å². The molecule has 3 N–H and O–H groups in total. The first-order valence-electron chi connectivity index (χ1n) is 9.30. The Hall–Kier alpha value is -1.82. The Morgan fingerprint density at radius 2 is 1.96 bits per heavy atom. The van der Waals surface area contributed by atoms with Crippen LogP contribution in [0.4, 0.5) is 0 Å². The fourth-order valence-corrected chi connectivity index (χ4v) is 3.76. The summed E-state index contributed by atoms with van der Waals surface area (Å²) in [5.74, 6) is 0.777. The molecule has 0 radical (unpaired) electrons. The van der Waals surface area contributed by atoms with Crippen molar-refractivity contribution in [3.8, 4) is 0 Å². The molecule has 0 aliphatic heterocycles. The van der Waals surface area contributed by atoms with Crippen molar-refractivity contribution in [2.24, 2.45) is 5.73 Å². The number of rotatable bonds is 13. The van der Waals surface area contributed by atoms with Crippen molar-refractivity contribution in [2.45, 2.75) is 44.4 Å². The number of esters is 1. The van der Waals surface area contributed by atoms with Gasteiger partial charge >= 0.3 is 14.1 Å². The van der Waals surface area contributed by atoms with Crippen LogP contribution in [0.15, 0.2) is 47.1 Å². The summed E-state index contributed by atoms with van der Waals surface area (Å²) in [6.45, 7) is 4.02. The first kappa shape index (κ1) is 24.2. The van der Waals surface area contributed by atoms with Crippen LogP contribution in [0, 0.1) is 0 Å². The summed E-state index contributed by atoms with van der Waals surface area (Å²) in [6.07, 6.45) is 7.94. The Kier molecular flexibility index (Phi) is 12.3. The lowest BCUT2D eigenvalue weighted by Gasteiger charge is -2.05. The van der Waals surface area contributed by atoms with Gasteiger partial charge in [0.1, 0.15) is 0 Å². The van der Waals surface area contributed by atoms with Crippen LogP contribution in [0.5, 0.6) is 0 Å². The highest BCUT2D eigenvalue weighted by atomic mass is 32.2. The SMILES string of the molecule is CCCCCCSc1ccc(C(N)=CCN[P+](=O)OC(C)=CC(=O)OC)cc1. The topological polar surface area (TPSA) is 90.6 Å². The van der Waals surface area contributed by atoms with E-state index in [1.54, 1.807) is 6.08 Å². The minimum atomic E-state index is -2.15. The molecule has 154 valence electrons. The van der Waals surface area contributed by atoms with Crippen molar-refractivity contribution < 1.29 is 18.6 Å². The zero-order valence-corrected chi connectivity index (χ0v) is 18.5. The summed E-state index contributed by atoms with van der Waals surface area (Å²) < 4.78 is 21.3. The average molecular weight is 426 g/mol. The molecule has 0 spiro atoms. The molecule has 0 aliphatic carbocycles. The van der Waals surface area contributed by atoms with Gasteiger partial charge in [0.15, 0.2) is 5.76 Å².